The maximum atomic E-state index is 13.6. The number of nitrogens with one attached hydrogen (secondary N) is 1. The van der Waals surface area contributed by atoms with E-state index in [1.54, 1.807) is 51.1 Å². The molecule has 1 atom stereocenters. The van der Waals surface area contributed by atoms with Crippen molar-refractivity contribution in [2.75, 3.05) is 23.7 Å². The number of halogens is 2. The largest absolute Gasteiger partial charge is 0.354 e. The summed E-state index contributed by atoms with van der Waals surface area (Å²) < 4.78 is 26.5. The van der Waals surface area contributed by atoms with E-state index >= 15 is 0 Å². The lowest BCUT2D eigenvalue weighted by Crippen LogP contribution is -2.51. The maximum absolute atomic E-state index is 13.6. The van der Waals surface area contributed by atoms with Crippen LogP contribution in [0.3, 0.4) is 0 Å². The number of nitrogens with zero attached hydrogens (tertiary/aromatic N) is 2. The Hall–Kier alpha value is -2.29. The average Bonchev–Trinajstić information content (AvgIpc) is 2.76. The number of rotatable bonds is 10. The standard InChI is InChI=1S/C24H31Cl2N3O4S/c1-6-12-27-24(31)18(4)28(14-19-10-11-20(25)21(26)13-19)22(30)15-29(34(5,32)33)23-16(2)8-7-9-17(23)3/h7-11,13,18H,6,12,14-15H2,1-5H3,(H,27,31)/t18-/m0/s1. The highest BCUT2D eigenvalue weighted by Gasteiger charge is 2.31. The lowest BCUT2D eigenvalue weighted by atomic mass is 10.1. The first-order valence-electron chi connectivity index (χ1n) is 10.9. The van der Waals surface area contributed by atoms with Crippen LogP contribution in [0.4, 0.5) is 5.69 Å². The summed E-state index contributed by atoms with van der Waals surface area (Å²) in [5.74, 6) is -0.841. The number of hydrogen-bond acceptors (Lipinski definition) is 4. The fraction of sp³-hybridized carbons (Fsp3) is 0.417. The van der Waals surface area contributed by atoms with Crippen LogP contribution in [0.2, 0.25) is 10.0 Å². The van der Waals surface area contributed by atoms with E-state index in [4.69, 9.17) is 23.2 Å². The summed E-state index contributed by atoms with van der Waals surface area (Å²) in [6.45, 7) is 7.20. The zero-order valence-electron chi connectivity index (χ0n) is 20.1. The van der Waals surface area contributed by atoms with Crippen molar-refractivity contribution in [1.29, 1.82) is 0 Å². The maximum Gasteiger partial charge on any atom is 0.244 e. The highest BCUT2D eigenvalue weighted by Crippen LogP contribution is 2.28. The predicted molar refractivity (Wildman–Crippen MR) is 138 cm³/mol. The first-order valence-corrected chi connectivity index (χ1v) is 13.5. The lowest BCUT2D eigenvalue weighted by Gasteiger charge is -2.32. The Morgan fingerprint density at radius 3 is 2.21 bits per heavy atom. The van der Waals surface area contributed by atoms with Gasteiger partial charge in [-0.15, -0.1) is 0 Å². The zero-order valence-corrected chi connectivity index (χ0v) is 22.4. The van der Waals surface area contributed by atoms with E-state index in [1.807, 2.05) is 13.0 Å². The third kappa shape index (κ3) is 7.10. The SMILES string of the molecule is CCCNC(=O)[C@H](C)N(Cc1ccc(Cl)c(Cl)c1)C(=O)CN(c1c(C)cccc1C)S(C)(=O)=O. The van der Waals surface area contributed by atoms with Crippen LogP contribution in [0.15, 0.2) is 36.4 Å². The van der Waals surface area contributed by atoms with Gasteiger partial charge in [-0.2, -0.15) is 0 Å². The molecule has 0 unspecified atom stereocenters. The number of para-hydroxylation sites is 1. The Bertz CT molecular complexity index is 1130. The molecule has 0 aromatic heterocycles. The molecule has 0 aliphatic heterocycles. The van der Waals surface area contributed by atoms with Crippen molar-refractivity contribution in [3.05, 3.63) is 63.1 Å². The number of sulfonamides is 1. The molecule has 2 aromatic rings. The van der Waals surface area contributed by atoms with E-state index in [1.165, 1.54) is 4.90 Å². The van der Waals surface area contributed by atoms with E-state index in [0.717, 1.165) is 28.1 Å². The van der Waals surface area contributed by atoms with Crippen LogP contribution in [0.5, 0.6) is 0 Å². The first kappa shape index (κ1) is 28.0. The molecule has 2 aromatic carbocycles. The van der Waals surface area contributed by atoms with Crippen LogP contribution in [0.25, 0.3) is 0 Å². The number of aryl methyl sites for hydroxylation is 2. The van der Waals surface area contributed by atoms with E-state index in [9.17, 15) is 18.0 Å². The summed E-state index contributed by atoms with van der Waals surface area (Å²) in [6, 6.07) is 9.52. The molecule has 7 nitrogen and oxygen atoms in total. The minimum atomic E-state index is -3.79. The quantitative estimate of drug-likeness (QED) is 0.498. The molecule has 0 heterocycles. The molecule has 2 amide bonds. The topological polar surface area (TPSA) is 86.8 Å². The van der Waals surface area contributed by atoms with Crippen molar-refractivity contribution in [2.24, 2.45) is 0 Å². The molecular formula is C24H31Cl2N3O4S. The van der Waals surface area contributed by atoms with Gasteiger partial charge in [0.1, 0.15) is 12.6 Å². The van der Waals surface area contributed by atoms with Crippen LogP contribution < -0.4 is 9.62 Å². The van der Waals surface area contributed by atoms with Gasteiger partial charge >= 0.3 is 0 Å². The van der Waals surface area contributed by atoms with Gasteiger partial charge in [-0.25, -0.2) is 8.42 Å². The number of benzene rings is 2. The second kappa shape index (κ2) is 11.9. The van der Waals surface area contributed by atoms with Crippen LogP contribution in [-0.2, 0) is 26.2 Å². The Morgan fingerprint density at radius 1 is 1.06 bits per heavy atom. The Labute approximate surface area is 212 Å². The lowest BCUT2D eigenvalue weighted by molar-refractivity contribution is -0.139. The highest BCUT2D eigenvalue weighted by atomic mass is 35.5. The molecule has 10 heteroatoms. The van der Waals surface area contributed by atoms with E-state index in [0.29, 0.717) is 27.8 Å². The van der Waals surface area contributed by atoms with Crippen molar-refractivity contribution in [1.82, 2.24) is 10.2 Å². The van der Waals surface area contributed by atoms with Crippen molar-refractivity contribution < 1.29 is 18.0 Å². The fourth-order valence-corrected chi connectivity index (χ4v) is 4.87. The molecule has 34 heavy (non-hydrogen) atoms. The van der Waals surface area contributed by atoms with Gasteiger partial charge in [-0.05, 0) is 56.0 Å². The Kier molecular flexibility index (Phi) is 9.79. The van der Waals surface area contributed by atoms with Crippen LogP contribution in [0, 0.1) is 13.8 Å². The van der Waals surface area contributed by atoms with Crippen LogP contribution in [0.1, 0.15) is 37.0 Å². The van der Waals surface area contributed by atoms with Gasteiger partial charge in [0.25, 0.3) is 0 Å². The minimum absolute atomic E-state index is 0.0563. The number of carbonyl (C=O) groups excluding carboxylic acids is 2. The van der Waals surface area contributed by atoms with Gasteiger partial charge in [0.15, 0.2) is 0 Å². The third-order valence-corrected chi connectivity index (χ3v) is 7.27. The molecule has 2 rings (SSSR count). The first-order chi connectivity index (χ1) is 15.9. The molecule has 186 valence electrons. The van der Waals surface area contributed by atoms with Gasteiger partial charge in [0.05, 0.1) is 22.0 Å². The summed E-state index contributed by atoms with van der Waals surface area (Å²) in [4.78, 5) is 27.6. The predicted octanol–water partition coefficient (Wildman–Crippen LogP) is 4.32. The smallest absolute Gasteiger partial charge is 0.244 e. The van der Waals surface area contributed by atoms with Gasteiger partial charge in [0, 0.05) is 13.1 Å². The molecule has 0 bridgehead atoms. The Balaban J connectivity index is 2.45. The summed E-state index contributed by atoms with van der Waals surface area (Å²) >= 11 is 12.2. The van der Waals surface area contributed by atoms with Gasteiger partial charge < -0.3 is 10.2 Å². The summed E-state index contributed by atoms with van der Waals surface area (Å²) in [5.41, 5.74) is 2.57. The second-order valence-corrected chi connectivity index (χ2v) is 11.0. The molecule has 0 fully saturated rings. The van der Waals surface area contributed by atoms with E-state index < -0.39 is 28.5 Å². The average molecular weight is 529 g/mol. The van der Waals surface area contributed by atoms with Gasteiger partial charge in [-0.1, -0.05) is 54.4 Å². The molecule has 0 radical (unpaired) electrons. The molecule has 0 saturated heterocycles. The Morgan fingerprint density at radius 2 is 1.68 bits per heavy atom. The summed E-state index contributed by atoms with van der Waals surface area (Å²) in [7, 11) is -3.79. The second-order valence-electron chi connectivity index (χ2n) is 8.25. The molecule has 0 aliphatic carbocycles. The van der Waals surface area contributed by atoms with Crippen LogP contribution in [-0.4, -0.2) is 50.5 Å². The van der Waals surface area contributed by atoms with Gasteiger partial charge in [-0.3, -0.25) is 13.9 Å². The molecule has 0 aliphatic rings. The molecule has 0 spiro atoms. The van der Waals surface area contributed by atoms with Crippen molar-refractivity contribution in [3.63, 3.8) is 0 Å². The number of anilines is 1. The molecule has 0 saturated carbocycles. The minimum Gasteiger partial charge on any atom is -0.354 e. The summed E-state index contributed by atoms with van der Waals surface area (Å²) in [5, 5.41) is 3.49. The van der Waals surface area contributed by atoms with Crippen molar-refractivity contribution in [2.45, 2.75) is 46.7 Å². The van der Waals surface area contributed by atoms with Gasteiger partial charge in [0.2, 0.25) is 21.8 Å². The van der Waals surface area contributed by atoms with Crippen molar-refractivity contribution >= 4 is 50.7 Å². The number of hydrogen-bond donors (Lipinski definition) is 1. The van der Waals surface area contributed by atoms with Crippen molar-refractivity contribution in [3.8, 4) is 0 Å². The summed E-state index contributed by atoms with van der Waals surface area (Å²) in [6.07, 6.45) is 1.81. The highest BCUT2D eigenvalue weighted by molar-refractivity contribution is 7.92. The number of carbonyl (C=O) groups is 2. The normalized spacial score (nSPS) is 12.2. The third-order valence-electron chi connectivity index (χ3n) is 5.42. The zero-order chi connectivity index (χ0) is 25.6. The molecule has 1 N–H and O–H groups in total. The van der Waals surface area contributed by atoms with Crippen LogP contribution >= 0.6 is 23.2 Å². The fourth-order valence-electron chi connectivity index (χ4n) is 3.59. The molecular weight excluding hydrogens is 497 g/mol. The number of amides is 2. The van der Waals surface area contributed by atoms with E-state index in [-0.39, 0.29) is 12.5 Å². The monoisotopic (exact) mass is 527 g/mol. The van der Waals surface area contributed by atoms with E-state index in [2.05, 4.69) is 5.32 Å².